The molecule has 0 unspecified atom stereocenters. The minimum atomic E-state index is -0.246. The van der Waals surface area contributed by atoms with E-state index in [4.69, 9.17) is 5.73 Å². The molecule has 0 atom stereocenters. The summed E-state index contributed by atoms with van der Waals surface area (Å²) in [6.45, 7) is 1.27. The average Bonchev–Trinajstić information content (AvgIpc) is 2.69. The van der Waals surface area contributed by atoms with Crippen molar-refractivity contribution >= 4 is 11.8 Å². The van der Waals surface area contributed by atoms with E-state index in [0.29, 0.717) is 11.4 Å². The Labute approximate surface area is 121 Å². The number of benzene rings is 1. The highest BCUT2D eigenvalue weighted by Crippen LogP contribution is 2.30. The Morgan fingerprint density at radius 1 is 1.25 bits per heavy atom. The standard InChI is InChI=1S/C14H17FN4S/c15-11-8-10(9-16)5-6-12(11)20-14-18-17-13-4-2-1-3-7-19(13)14/h5-6,8H,1-4,7,9,16H2. The number of fused-ring (bicyclic) bond motifs is 1. The summed E-state index contributed by atoms with van der Waals surface area (Å²) in [6.07, 6.45) is 4.46. The van der Waals surface area contributed by atoms with Crippen molar-refractivity contribution in [2.45, 2.75) is 48.8 Å². The van der Waals surface area contributed by atoms with Crippen LogP contribution in [-0.2, 0) is 19.5 Å². The van der Waals surface area contributed by atoms with Gasteiger partial charge in [0.2, 0.25) is 0 Å². The van der Waals surface area contributed by atoms with Crippen molar-refractivity contribution in [3.63, 3.8) is 0 Å². The van der Waals surface area contributed by atoms with E-state index >= 15 is 0 Å². The van der Waals surface area contributed by atoms with Crippen LogP contribution in [0.3, 0.4) is 0 Å². The van der Waals surface area contributed by atoms with E-state index in [9.17, 15) is 4.39 Å². The molecule has 2 N–H and O–H groups in total. The number of hydrogen-bond donors (Lipinski definition) is 1. The molecule has 4 nitrogen and oxygen atoms in total. The van der Waals surface area contributed by atoms with Crippen LogP contribution in [0.1, 0.15) is 30.7 Å². The summed E-state index contributed by atoms with van der Waals surface area (Å²) in [5, 5.41) is 9.21. The molecule has 0 radical (unpaired) electrons. The van der Waals surface area contributed by atoms with E-state index in [2.05, 4.69) is 14.8 Å². The fraction of sp³-hybridized carbons (Fsp3) is 0.429. The first-order valence-electron chi connectivity index (χ1n) is 6.86. The molecule has 0 aliphatic carbocycles. The van der Waals surface area contributed by atoms with Gasteiger partial charge in [0.05, 0.1) is 4.90 Å². The predicted octanol–water partition coefficient (Wildman–Crippen LogP) is 2.75. The van der Waals surface area contributed by atoms with Crippen molar-refractivity contribution in [1.82, 2.24) is 14.8 Å². The summed E-state index contributed by atoms with van der Waals surface area (Å²) in [7, 11) is 0. The Kier molecular flexibility index (Phi) is 4.03. The van der Waals surface area contributed by atoms with Crippen LogP contribution >= 0.6 is 11.8 Å². The molecule has 1 aromatic carbocycles. The number of rotatable bonds is 3. The lowest BCUT2D eigenvalue weighted by atomic mass is 10.2. The lowest BCUT2D eigenvalue weighted by Crippen LogP contribution is -2.02. The van der Waals surface area contributed by atoms with Crippen molar-refractivity contribution in [3.8, 4) is 0 Å². The number of aryl methyl sites for hydroxylation is 1. The van der Waals surface area contributed by atoms with E-state index in [1.165, 1.54) is 24.2 Å². The summed E-state index contributed by atoms with van der Waals surface area (Å²) in [5.41, 5.74) is 6.31. The maximum absolute atomic E-state index is 14.0. The number of nitrogens with zero attached hydrogens (tertiary/aromatic N) is 3. The van der Waals surface area contributed by atoms with Crippen LogP contribution in [0.15, 0.2) is 28.3 Å². The van der Waals surface area contributed by atoms with Gasteiger partial charge in [-0.1, -0.05) is 12.5 Å². The van der Waals surface area contributed by atoms with Crippen molar-refractivity contribution in [3.05, 3.63) is 35.4 Å². The third-order valence-corrected chi connectivity index (χ3v) is 4.54. The molecule has 0 bridgehead atoms. The zero-order valence-corrected chi connectivity index (χ0v) is 12.0. The van der Waals surface area contributed by atoms with Gasteiger partial charge in [0.1, 0.15) is 11.6 Å². The van der Waals surface area contributed by atoms with E-state index < -0.39 is 0 Å². The number of aromatic nitrogens is 3. The second kappa shape index (κ2) is 5.93. The molecular formula is C14H17FN4S. The molecule has 1 aliphatic heterocycles. The van der Waals surface area contributed by atoms with Gasteiger partial charge in [-0.05, 0) is 42.3 Å². The molecule has 1 aromatic heterocycles. The molecule has 0 saturated carbocycles. The first-order valence-corrected chi connectivity index (χ1v) is 7.68. The summed E-state index contributed by atoms with van der Waals surface area (Å²) in [4.78, 5) is 0.571. The lowest BCUT2D eigenvalue weighted by Gasteiger charge is -2.07. The zero-order valence-electron chi connectivity index (χ0n) is 11.2. The van der Waals surface area contributed by atoms with Gasteiger partial charge in [0.15, 0.2) is 5.16 Å². The van der Waals surface area contributed by atoms with Crippen LogP contribution in [0.4, 0.5) is 4.39 Å². The molecule has 3 rings (SSSR count). The quantitative estimate of drug-likeness (QED) is 0.945. The Morgan fingerprint density at radius 2 is 2.15 bits per heavy atom. The Morgan fingerprint density at radius 3 is 2.95 bits per heavy atom. The molecular weight excluding hydrogens is 275 g/mol. The molecule has 0 saturated heterocycles. The molecule has 106 valence electrons. The molecule has 20 heavy (non-hydrogen) atoms. The zero-order chi connectivity index (χ0) is 13.9. The van der Waals surface area contributed by atoms with Crippen LogP contribution in [-0.4, -0.2) is 14.8 Å². The van der Waals surface area contributed by atoms with Crippen molar-refractivity contribution in [1.29, 1.82) is 0 Å². The summed E-state index contributed by atoms with van der Waals surface area (Å²) in [6, 6.07) is 5.10. The maximum Gasteiger partial charge on any atom is 0.196 e. The van der Waals surface area contributed by atoms with Crippen LogP contribution < -0.4 is 5.73 Å². The predicted molar refractivity (Wildman–Crippen MR) is 76.0 cm³/mol. The largest absolute Gasteiger partial charge is 0.326 e. The average molecular weight is 292 g/mol. The molecule has 0 amide bonds. The number of hydrogen-bond acceptors (Lipinski definition) is 4. The van der Waals surface area contributed by atoms with Crippen molar-refractivity contribution in [2.75, 3.05) is 0 Å². The Balaban J connectivity index is 1.86. The van der Waals surface area contributed by atoms with Crippen molar-refractivity contribution < 1.29 is 4.39 Å². The van der Waals surface area contributed by atoms with Gasteiger partial charge in [-0.25, -0.2) is 4.39 Å². The second-order valence-corrected chi connectivity index (χ2v) is 5.94. The molecule has 6 heteroatoms. The normalized spacial score (nSPS) is 14.9. The number of nitrogens with two attached hydrogens (primary N) is 1. The second-order valence-electron chi connectivity index (χ2n) is 4.93. The van der Waals surface area contributed by atoms with Gasteiger partial charge in [0, 0.05) is 19.5 Å². The molecule has 2 heterocycles. The van der Waals surface area contributed by atoms with Crippen LogP contribution in [0.5, 0.6) is 0 Å². The highest BCUT2D eigenvalue weighted by molar-refractivity contribution is 7.99. The first-order chi connectivity index (χ1) is 9.78. The monoisotopic (exact) mass is 292 g/mol. The van der Waals surface area contributed by atoms with Crippen molar-refractivity contribution in [2.24, 2.45) is 5.73 Å². The van der Waals surface area contributed by atoms with Crippen LogP contribution in [0.2, 0.25) is 0 Å². The fourth-order valence-electron chi connectivity index (χ4n) is 2.39. The lowest BCUT2D eigenvalue weighted by molar-refractivity contribution is 0.585. The summed E-state index contributed by atoms with van der Waals surface area (Å²) in [5.74, 6) is 0.771. The summed E-state index contributed by atoms with van der Waals surface area (Å²) < 4.78 is 16.1. The molecule has 1 aliphatic rings. The van der Waals surface area contributed by atoms with Gasteiger partial charge in [0.25, 0.3) is 0 Å². The SMILES string of the molecule is NCc1ccc(Sc2nnc3n2CCCCC3)c(F)c1. The third-order valence-electron chi connectivity index (χ3n) is 3.51. The van der Waals surface area contributed by atoms with Crippen LogP contribution in [0, 0.1) is 5.82 Å². The highest BCUT2D eigenvalue weighted by atomic mass is 32.2. The van der Waals surface area contributed by atoms with Gasteiger partial charge in [-0.2, -0.15) is 0 Å². The first kappa shape index (κ1) is 13.6. The molecule has 0 fully saturated rings. The van der Waals surface area contributed by atoms with Gasteiger partial charge >= 0.3 is 0 Å². The minimum Gasteiger partial charge on any atom is -0.326 e. The van der Waals surface area contributed by atoms with Gasteiger partial charge in [-0.15, -0.1) is 10.2 Å². The van der Waals surface area contributed by atoms with Gasteiger partial charge in [-0.3, -0.25) is 0 Å². The van der Waals surface area contributed by atoms with E-state index in [1.54, 1.807) is 6.07 Å². The van der Waals surface area contributed by atoms with E-state index in [0.717, 1.165) is 42.4 Å². The maximum atomic E-state index is 14.0. The molecule has 2 aromatic rings. The summed E-state index contributed by atoms with van der Waals surface area (Å²) >= 11 is 1.34. The number of halogens is 1. The van der Waals surface area contributed by atoms with Crippen LogP contribution in [0.25, 0.3) is 0 Å². The molecule has 0 spiro atoms. The fourth-order valence-corrected chi connectivity index (χ4v) is 3.26. The minimum absolute atomic E-state index is 0.246. The van der Waals surface area contributed by atoms with Gasteiger partial charge < -0.3 is 10.3 Å². The topological polar surface area (TPSA) is 56.7 Å². The Hall–Kier alpha value is -1.40. The van der Waals surface area contributed by atoms with E-state index in [-0.39, 0.29) is 5.82 Å². The smallest absolute Gasteiger partial charge is 0.196 e. The highest BCUT2D eigenvalue weighted by Gasteiger charge is 2.16. The Bertz CT molecular complexity index is 611. The third kappa shape index (κ3) is 2.71. The van der Waals surface area contributed by atoms with E-state index in [1.807, 2.05) is 6.07 Å².